The summed E-state index contributed by atoms with van der Waals surface area (Å²) in [6.07, 6.45) is 4.52. The molecule has 100 valence electrons. The number of hydrogen-bond donors (Lipinski definition) is 1. The monoisotopic (exact) mass is 321 g/mol. The van der Waals surface area contributed by atoms with Crippen molar-refractivity contribution in [1.29, 1.82) is 0 Å². The summed E-state index contributed by atoms with van der Waals surface area (Å²) in [7, 11) is 1.92. The lowest BCUT2D eigenvalue weighted by Crippen LogP contribution is -2.24. The van der Waals surface area contributed by atoms with Gasteiger partial charge in [0.25, 0.3) is 5.89 Å². The molecule has 1 aromatic carbocycles. The molecule has 1 aromatic heterocycles. The van der Waals surface area contributed by atoms with Gasteiger partial charge >= 0.3 is 0 Å². The SMILES string of the molecule is CNC(C)Cc1noc(/C=C/c2cccc(Br)c2)n1. The summed E-state index contributed by atoms with van der Waals surface area (Å²) in [5, 5.41) is 7.09. The Morgan fingerprint density at radius 2 is 2.26 bits per heavy atom. The lowest BCUT2D eigenvalue weighted by atomic mass is 10.2. The number of hydrogen-bond acceptors (Lipinski definition) is 4. The molecule has 0 aliphatic heterocycles. The smallest absolute Gasteiger partial charge is 0.250 e. The fourth-order valence-electron chi connectivity index (χ4n) is 1.57. The lowest BCUT2D eigenvalue weighted by Gasteiger charge is -2.04. The van der Waals surface area contributed by atoms with Gasteiger partial charge in [0, 0.05) is 23.0 Å². The third kappa shape index (κ3) is 4.29. The Bertz CT molecular complexity index is 565. The minimum absolute atomic E-state index is 0.333. The number of aromatic nitrogens is 2. The molecular formula is C14H16BrN3O. The zero-order valence-electron chi connectivity index (χ0n) is 10.9. The first-order chi connectivity index (χ1) is 9.17. The molecule has 0 spiro atoms. The van der Waals surface area contributed by atoms with E-state index in [1.807, 2.05) is 43.5 Å². The van der Waals surface area contributed by atoms with Gasteiger partial charge in [0.05, 0.1) is 0 Å². The third-order valence-electron chi connectivity index (χ3n) is 2.73. The van der Waals surface area contributed by atoms with E-state index >= 15 is 0 Å². The van der Waals surface area contributed by atoms with Crippen LogP contribution in [0, 0.1) is 0 Å². The van der Waals surface area contributed by atoms with Gasteiger partial charge in [-0.1, -0.05) is 33.2 Å². The van der Waals surface area contributed by atoms with Gasteiger partial charge in [-0.2, -0.15) is 4.98 Å². The van der Waals surface area contributed by atoms with Crippen molar-refractivity contribution < 1.29 is 4.52 Å². The summed E-state index contributed by atoms with van der Waals surface area (Å²) in [5.41, 5.74) is 1.08. The number of nitrogens with zero attached hydrogens (tertiary/aromatic N) is 2. The van der Waals surface area contributed by atoms with Crippen LogP contribution in [0.2, 0.25) is 0 Å². The number of halogens is 1. The van der Waals surface area contributed by atoms with Gasteiger partial charge < -0.3 is 9.84 Å². The lowest BCUT2D eigenvalue weighted by molar-refractivity contribution is 0.400. The van der Waals surface area contributed by atoms with Crippen LogP contribution in [-0.2, 0) is 6.42 Å². The highest BCUT2D eigenvalue weighted by Crippen LogP contribution is 2.14. The molecule has 1 atom stereocenters. The van der Waals surface area contributed by atoms with Crippen LogP contribution < -0.4 is 5.32 Å². The Kier molecular flexibility index (Phi) is 4.87. The van der Waals surface area contributed by atoms with Gasteiger partial charge in [-0.15, -0.1) is 0 Å². The third-order valence-corrected chi connectivity index (χ3v) is 3.23. The fraction of sp³-hybridized carbons (Fsp3) is 0.286. The van der Waals surface area contributed by atoms with Crippen molar-refractivity contribution in [1.82, 2.24) is 15.5 Å². The molecule has 0 fully saturated rings. The molecule has 0 bridgehead atoms. The maximum atomic E-state index is 5.17. The second-order valence-electron chi connectivity index (χ2n) is 4.33. The average molecular weight is 322 g/mol. The van der Waals surface area contributed by atoms with E-state index in [-0.39, 0.29) is 0 Å². The molecule has 1 N–H and O–H groups in total. The standard InChI is InChI=1S/C14H16BrN3O/c1-10(16-2)8-13-17-14(19-18-13)7-6-11-4-3-5-12(15)9-11/h3-7,9-10,16H,8H2,1-2H3/b7-6+. The van der Waals surface area contributed by atoms with E-state index in [1.54, 1.807) is 0 Å². The molecule has 0 saturated carbocycles. The van der Waals surface area contributed by atoms with Gasteiger partial charge in [0.2, 0.25) is 0 Å². The van der Waals surface area contributed by atoms with Crippen LogP contribution in [0.15, 0.2) is 33.3 Å². The first-order valence-corrected chi connectivity index (χ1v) is 6.90. The normalized spacial score (nSPS) is 13.0. The molecule has 0 aliphatic carbocycles. The molecule has 0 aliphatic rings. The maximum Gasteiger partial charge on any atom is 0.250 e. The van der Waals surface area contributed by atoms with Crippen LogP contribution in [0.3, 0.4) is 0 Å². The van der Waals surface area contributed by atoms with Gasteiger partial charge in [0.15, 0.2) is 5.82 Å². The Morgan fingerprint density at radius 1 is 1.42 bits per heavy atom. The van der Waals surface area contributed by atoms with E-state index < -0.39 is 0 Å². The zero-order chi connectivity index (χ0) is 13.7. The summed E-state index contributed by atoms with van der Waals surface area (Å²) in [6, 6.07) is 8.34. The van der Waals surface area contributed by atoms with E-state index in [0.29, 0.717) is 11.9 Å². The van der Waals surface area contributed by atoms with Crippen LogP contribution >= 0.6 is 15.9 Å². The zero-order valence-corrected chi connectivity index (χ0v) is 12.5. The van der Waals surface area contributed by atoms with Gasteiger partial charge in [-0.3, -0.25) is 0 Å². The summed E-state index contributed by atoms with van der Waals surface area (Å²) >= 11 is 3.44. The predicted octanol–water partition coefficient (Wildman–Crippen LogP) is 3.15. The fourth-order valence-corrected chi connectivity index (χ4v) is 1.99. The summed E-state index contributed by atoms with van der Waals surface area (Å²) < 4.78 is 6.22. The second-order valence-corrected chi connectivity index (χ2v) is 5.25. The Morgan fingerprint density at radius 3 is 3.00 bits per heavy atom. The van der Waals surface area contributed by atoms with Gasteiger partial charge in [-0.25, -0.2) is 0 Å². The van der Waals surface area contributed by atoms with E-state index in [1.165, 1.54) is 0 Å². The number of benzene rings is 1. The van der Waals surface area contributed by atoms with Crippen molar-refractivity contribution in [2.75, 3.05) is 7.05 Å². The van der Waals surface area contributed by atoms with E-state index in [9.17, 15) is 0 Å². The second kappa shape index (κ2) is 6.63. The van der Waals surface area contributed by atoms with Crippen molar-refractivity contribution in [2.24, 2.45) is 0 Å². The highest BCUT2D eigenvalue weighted by molar-refractivity contribution is 9.10. The van der Waals surface area contributed by atoms with Crippen molar-refractivity contribution >= 4 is 28.1 Å². The predicted molar refractivity (Wildman–Crippen MR) is 79.6 cm³/mol. The van der Waals surface area contributed by atoms with Crippen LogP contribution in [0.1, 0.15) is 24.2 Å². The van der Waals surface area contributed by atoms with E-state index in [0.717, 1.165) is 22.3 Å². The molecule has 5 heteroatoms. The van der Waals surface area contributed by atoms with Gasteiger partial charge in [-0.05, 0) is 37.7 Å². The minimum atomic E-state index is 0.333. The van der Waals surface area contributed by atoms with Crippen LogP contribution in [0.25, 0.3) is 12.2 Å². The summed E-state index contributed by atoms with van der Waals surface area (Å²) in [6.45, 7) is 2.08. The molecule has 2 rings (SSSR count). The maximum absolute atomic E-state index is 5.17. The molecule has 19 heavy (non-hydrogen) atoms. The molecule has 0 amide bonds. The number of nitrogens with one attached hydrogen (secondary N) is 1. The Hall–Kier alpha value is -1.46. The minimum Gasteiger partial charge on any atom is -0.335 e. The van der Waals surface area contributed by atoms with Crippen LogP contribution in [-0.4, -0.2) is 23.2 Å². The van der Waals surface area contributed by atoms with Crippen molar-refractivity contribution in [2.45, 2.75) is 19.4 Å². The van der Waals surface area contributed by atoms with Crippen LogP contribution in [0.5, 0.6) is 0 Å². The van der Waals surface area contributed by atoms with Crippen LogP contribution in [0.4, 0.5) is 0 Å². The highest BCUT2D eigenvalue weighted by Gasteiger charge is 2.07. The van der Waals surface area contributed by atoms with Crippen molar-refractivity contribution in [3.63, 3.8) is 0 Å². The summed E-state index contributed by atoms with van der Waals surface area (Å²) in [5.74, 6) is 1.24. The Balaban J connectivity index is 2.03. The molecule has 2 aromatic rings. The number of likely N-dealkylation sites (N-methyl/N-ethyl adjacent to an activating group) is 1. The highest BCUT2D eigenvalue weighted by atomic mass is 79.9. The van der Waals surface area contributed by atoms with Crippen molar-refractivity contribution in [3.05, 3.63) is 46.0 Å². The first-order valence-electron chi connectivity index (χ1n) is 6.11. The largest absolute Gasteiger partial charge is 0.335 e. The van der Waals surface area contributed by atoms with E-state index in [4.69, 9.17) is 4.52 Å². The van der Waals surface area contributed by atoms with E-state index in [2.05, 4.69) is 38.3 Å². The van der Waals surface area contributed by atoms with Gasteiger partial charge in [0.1, 0.15) is 0 Å². The molecular weight excluding hydrogens is 306 g/mol. The molecule has 4 nitrogen and oxygen atoms in total. The molecule has 0 radical (unpaired) electrons. The molecule has 1 unspecified atom stereocenters. The topological polar surface area (TPSA) is 51.0 Å². The molecule has 1 heterocycles. The number of rotatable bonds is 5. The molecule has 0 saturated heterocycles. The average Bonchev–Trinajstić information content (AvgIpc) is 2.84. The quantitative estimate of drug-likeness (QED) is 0.919. The first kappa shape index (κ1) is 14.0. The summed E-state index contributed by atoms with van der Waals surface area (Å²) in [4.78, 5) is 4.32. The Labute approximate surface area is 121 Å². The van der Waals surface area contributed by atoms with Crippen molar-refractivity contribution in [3.8, 4) is 0 Å².